The van der Waals surface area contributed by atoms with E-state index in [4.69, 9.17) is 0 Å². The first-order valence-corrected chi connectivity index (χ1v) is 8.39. The molecule has 2 aliphatic rings. The average molecular weight is 311 g/mol. The number of hydrogen-bond donors (Lipinski definition) is 2. The van der Waals surface area contributed by atoms with E-state index in [1.54, 1.807) is 0 Å². The molecular weight excluding hydrogens is 290 g/mol. The molecule has 2 atom stereocenters. The van der Waals surface area contributed by atoms with Crippen molar-refractivity contribution in [1.82, 2.24) is 25.9 Å². The smallest absolute Gasteiger partial charge is 0.224 e. The fourth-order valence-corrected chi connectivity index (χ4v) is 3.81. The van der Waals surface area contributed by atoms with Crippen molar-refractivity contribution in [3.8, 4) is 0 Å². The van der Waals surface area contributed by atoms with Gasteiger partial charge in [-0.25, -0.2) is 0 Å². The summed E-state index contributed by atoms with van der Waals surface area (Å²) in [5.41, 5.74) is 0.816. The summed E-state index contributed by atoms with van der Waals surface area (Å²) in [7, 11) is 0. The summed E-state index contributed by atoms with van der Waals surface area (Å²) in [4.78, 5) is 12.8. The van der Waals surface area contributed by atoms with Crippen LogP contribution in [0, 0.1) is 5.92 Å². The van der Waals surface area contributed by atoms with Gasteiger partial charge in [-0.15, -0.1) is 10.2 Å². The topological polar surface area (TPSA) is 83.6 Å². The maximum absolute atomic E-state index is 12.8. The molecule has 0 aliphatic heterocycles. The van der Waals surface area contributed by atoms with Gasteiger partial charge in [0.05, 0.1) is 0 Å². The molecule has 6 heteroatoms. The number of benzene rings is 1. The highest BCUT2D eigenvalue weighted by Gasteiger charge is 2.47. The Balaban J connectivity index is 1.49. The van der Waals surface area contributed by atoms with Gasteiger partial charge in [-0.2, -0.15) is 5.21 Å². The van der Waals surface area contributed by atoms with Crippen LogP contribution in [0.4, 0.5) is 0 Å². The van der Waals surface area contributed by atoms with E-state index >= 15 is 0 Å². The number of carbonyl (C=O) groups excluding carboxylic acids is 1. The van der Waals surface area contributed by atoms with Gasteiger partial charge in [-0.05, 0) is 30.7 Å². The summed E-state index contributed by atoms with van der Waals surface area (Å²) in [6, 6.07) is 10.3. The molecule has 120 valence electrons. The Morgan fingerprint density at radius 2 is 1.96 bits per heavy atom. The predicted octanol–water partition coefficient (Wildman–Crippen LogP) is 2.28. The molecular formula is C17H21N5O. The molecule has 6 nitrogen and oxygen atoms in total. The van der Waals surface area contributed by atoms with E-state index in [0.717, 1.165) is 32.1 Å². The highest BCUT2D eigenvalue weighted by atomic mass is 16.2. The van der Waals surface area contributed by atoms with E-state index < -0.39 is 5.54 Å². The van der Waals surface area contributed by atoms with Crippen molar-refractivity contribution in [2.24, 2.45) is 5.92 Å². The largest absolute Gasteiger partial charge is 0.343 e. The van der Waals surface area contributed by atoms with Crippen LogP contribution in [0.1, 0.15) is 55.8 Å². The zero-order valence-corrected chi connectivity index (χ0v) is 13.0. The standard InChI is InChI=1S/C17H21N5O/c23-15(14-11-13(14)12-7-3-1-4-8-12)18-17(9-5-2-6-10-17)16-19-21-22-20-16/h1,3-4,7-8,13-14H,2,5-6,9-11H2,(H,18,23)(H,19,20,21,22)/t13-,14+/m0/s1. The number of H-pyrrole nitrogens is 1. The molecule has 2 N–H and O–H groups in total. The van der Waals surface area contributed by atoms with Gasteiger partial charge in [-0.1, -0.05) is 54.8 Å². The third-order valence-electron chi connectivity index (χ3n) is 5.20. The van der Waals surface area contributed by atoms with Crippen LogP contribution in [0.5, 0.6) is 0 Å². The van der Waals surface area contributed by atoms with Gasteiger partial charge in [0.25, 0.3) is 0 Å². The van der Waals surface area contributed by atoms with Gasteiger partial charge in [-0.3, -0.25) is 4.79 Å². The normalized spacial score (nSPS) is 25.7. The Hall–Kier alpha value is -2.24. The van der Waals surface area contributed by atoms with Crippen molar-refractivity contribution < 1.29 is 4.79 Å². The van der Waals surface area contributed by atoms with E-state index in [2.05, 4.69) is 38.1 Å². The molecule has 2 aromatic rings. The summed E-state index contributed by atoms with van der Waals surface area (Å²) < 4.78 is 0. The van der Waals surface area contributed by atoms with E-state index in [-0.39, 0.29) is 11.8 Å². The van der Waals surface area contributed by atoms with Crippen molar-refractivity contribution in [2.45, 2.75) is 50.0 Å². The average Bonchev–Trinajstić information content (AvgIpc) is 3.21. The number of carbonyl (C=O) groups is 1. The molecule has 23 heavy (non-hydrogen) atoms. The van der Waals surface area contributed by atoms with Gasteiger partial charge in [0, 0.05) is 5.92 Å². The SMILES string of the molecule is O=C(NC1(c2nn[nH]n2)CCCCC1)[C@@H]1C[C@H]1c1ccccc1. The minimum atomic E-state index is -0.438. The van der Waals surface area contributed by atoms with Gasteiger partial charge < -0.3 is 5.32 Å². The number of aromatic amines is 1. The number of nitrogens with zero attached hydrogens (tertiary/aromatic N) is 3. The third kappa shape index (κ3) is 2.73. The maximum Gasteiger partial charge on any atom is 0.224 e. The molecule has 1 amide bonds. The molecule has 2 aliphatic carbocycles. The third-order valence-corrected chi connectivity index (χ3v) is 5.20. The molecule has 0 radical (unpaired) electrons. The fourth-order valence-electron chi connectivity index (χ4n) is 3.81. The Labute approximate surface area is 135 Å². The Morgan fingerprint density at radius 3 is 2.65 bits per heavy atom. The van der Waals surface area contributed by atoms with Crippen molar-refractivity contribution in [3.05, 3.63) is 41.7 Å². The lowest BCUT2D eigenvalue weighted by Gasteiger charge is -2.35. The number of nitrogens with one attached hydrogen (secondary N) is 2. The molecule has 2 saturated carbocycles. The summed E-state index contributed by atoms with van der Waals surface area (Å²) in [6.45, 7) is 0. The van der Waals surface area contributed by atoms with Crippen LogP contribution in [0.25, 0.3) is 0 Å². The van der Waals surface area contributed by atoms with Crippen LogP contribution >= 0.6 is 0 Å². The molecule has 0 bridgehead atoms. The summed E-state index contributed by atoms with van der Waals surface area (Å²) in [5.74, 6) is 1.18. The summed E-state index contributed by atoms with van der Waals surface area (Å²) in [6.07, 6.45) is 6.08. The van der Waals surface area contributed by atoms with Crippen LogP contribution in [-0.2, 0) is 10.3 Å². The molecule has 2 fully saturated rings. The molecule has 0 spiro atoms. The molecule has 4 rings (SSSR count). The van der Waals surface area contributed by atoms with Gasteiger partial charge >= 0.3 is 0 Å². The second kappa shape index (κ2) is 5.76. The van der Waals surface area contributed by atoms with E-state index in [1.807, 2.05) is 18.2 Å². The lowest BCUT2D eigenvalue weighted by atomic mass is 9.81. The van der Waals surface area contributed by atoms with E-state index in [1.165, 1.54) is 12.0 Å². The van der Waals surface area contributed by atoms with Crippen LogP contribution in [-0.4, -0.2) is 26.5 Å². The first kappa shape index (κ1) is 14.4. The number of amides is 1. The van der Waals surface area contributed by atoms with Crippen molar-refractivity contribution in [2.75, 3.05) is 0 Å². The Bertz CT molecular complexity index is 664. The lowest BCUT2D eigenvalue weighted by molar-refractivity contribution is -0.125. The van der Waals surface area contributed by atoms with Crippen molar-refractivity contribution in [3.63, 3.8) is 0 Å². The zero-order valence-electron chi connectivity index (χ0n) is 13.0. The molecule has 1 aromatic heterocycles. The lowest BCUT2D eigenvalue weighted by Crippen LogP contribution is -2.48. The highest BCUT2D eigenvalue weighted by molar-refractivity contribution is 5.83. The second-order valence-corrected chi connectivity index (χ2v) is 6.73. The highest BCUT2D eigenvalue weighted by Crippen LogP contribution is 2.48. The minimum Gasteiger partial charge on any atom is -0.343 e. The van der Waals surface area contributed by atoms with Gasteiger partial charge in [0.2, 0.25) is 5.91 Å². The van der Waals surface area contributed by atoms with E-state index in [9.17, 15) is 4.79 Å². The van der Waals surface area contributed by atoms with Gasteiger partial charge in [0.15, 0.2) is 5.82 Å². The number of tetrazole rings is 1. The molecule has 1 aromatic carbocycles. The zero-order chi connectivity index (χ0) is 15.7. The first-order valence-electron chi connectivity index (χ1n) is 8.39. The van der Waals surface area contributed by atoms with Crippen LogP contribution in [0.15, 0.2) is 30.3 Å². The molecule has 1 heterocycles. The molecule has 0 saturated heterocycles. The Kier molecular flexibility index (Phi) is 3.59. The van der Waals surface area contributed by atoms with Gasteiger partial charge in [0.1, 0.15) is 5.54 Å². The van der Waals surface area contributed by atoms with Crippen molar-refractivity contribution in [1.29, 1.82) is 0 Å². The van der Waals surface area contributed by atoms with Crippen LogP contribution in [0.2, 0.25) is 0 Å². The fraction of sp³-hybridized carbons (Fsp3) is 0.529. The summed E-state index contributed by atoms with van der Waals surface area (Å²) in [5, 5.41) is 17.8. The number of aromatic nitrogens is 4. The first-order chi connectivity index (χ1) is 11.3. The maximum atomic E-state index is 12.8. The summed E-state index contributed by atoms with van der Waals surface area (Å²) >= 11 is 0. The van der Waals surface area contributed by atoms with Crippen LogP contribution < -0.4 is 5.32 Å². The van der Waals surface area contributed by atoms with E-state index in [0.29, 0.717) is 11.7 Å². The van der Waals surface area contributed by atoms with Crippen LogP contribution in [0.3, 0.4) is 0 Å². The quantitative estimate of drug-likeness (QED) is 0.907. The second-order valence-electron chi connectivity index (χ2n) is 6.73. The predicted molar refractivity (Wildman–Crippen MR) is 84.4 cm³/mol. The Morgan fingerprint density at radius 1 is 1.17 bits per heavy atom. The molecule has 0 unspecified atom stereocenters. The number of rotatable bonds is 4. The minimum absolute atomic E-state index is 0.0723. The monoisotopic (exact) mass is 311 g/mol. The number of hydrogen-bond acceptors (Lipinski definition) is 4. The van der Waals surface area contributed by atoms with Crippen molar-refractivity contribution >= 4 is 5.91 Å².